The number of rotatable bonds is 1. The highest BCUT2D eigenvalue weighted by atomic mass is 127. The summed E-state index contributed by atoms with van der Waals surface area (Å²) in [5.41, 5.74) is 4.48. The summed E-state index contributed by atoms with van der Waals surface area (Å²) in [4.78, 5) is 0. The molecule has 0 nitrogen and oxygen atoms in total. The zero-order valence-electron chi connectivity index (χ0n) is 7.52. The minimum Gasteiger partial charge on any atom is -0.0550 e. The van der Waals surface area contributed by atoms with E-state index in [0.29, 0.717) is 0 Å². The maximum Gasteiger partial charge on any atom is 0.0162 e. The molecule has 12 heavy (non-hydrogen) atoms. The van der Waals surface area contributed by atoms with Crippen LogP contribution in [-0.2, 0) is 0 Å². The Hall–Kier alpha value is -0.0500. The van der Waals surface area contributed by atoms with Crippen molar-refractivity contribution in [1.29, 1.82) is 0 Å². The topological polar surface area (TPSA) is 0 Å². The molecule has 0 atom stereocenters. The Morgan fingerprint density at radius 3 is 2.42 bits per heavy atom. The first-order chi connectivity index (χ1) is 5.68. The molecule has 1 aromatic carbocycles. The highest BCUT2D eigenvalue weighted by Gasteiger charge is 2.25. The van der Waals surface area contributed by atoms with Gasteiger partial charge >= 0.3 is 0 Å². The lowest BCUT2D eigenvalue weighted by atomic mass is 10.0. The summed E-state index contributed by atoms with van der Waals surface area (Å²) in [6.45, 7) is 4.42. The predicted molar refractivity (Wildman–Crippen MR) is 60.6 cm³/mol. The van der Waals surface area contributed by atoms with Crippen molar-refractivity contribution in [3.8, 4) is 0 Å². The molecule has 0 N–H and O–H groups in total. The summed E-state index contributed by atoms with van der Waals surface area (Å²) in [5, 5.41) is 0. The Bertz CT molecular complexity index is 311. The number of hydrogen-bond acceptors (Lipinski definition) is 0. The number of aryl methyl sites for hydroxylation is 2. The minimum absolute atomic E-state index is 0.888. The molecule has 1 aliphatic rings. The summed E-state index contributed by atoms with van der Waals surface area (Å²) in [5.74, 6) is 0.888. The number of halogens is 1. The van der Waals surface area contributed by atoms with Gasteiger partial charge in [0.1, 0.15) is 0 Å². The Labute approximate surface area is 87.5 Å². The molecule has 64 valence electrons. The summed E-state index contributed by atoms with van der Waals surface area (Å²) in [6.07, 6.45) is 2.81. The highest BCUT2D eigenvalue weighted by molar-refractivity contribution is 14.1. The SMILES string of the molecule is Cc1cc(C)c(C2CC2)cc1I. The van der Waals surface area contributed by atoms with Gasteiger partial charge in [-0.2, -0.15) is 0 Å². The van der Waals surface area contributed by atoms with E-state index in [0.717, 1.165) is 5.92 Å². The van der Waals surface area contributed by atoms with E-state index in [-0.39, 0.29) is 0 Å². The van der Waals surface area contributed by atoms with E-state index in [1.165, 1.54) is 27.5 Å². The summed E-state index contributed by atoms with van der Waals surface area (Å²) in [6, 6.07) is 4.68. The van der Waals surface area contributed by atoms with Crippen molar-refractivity contribution < 1.29 is 0 Å². The molecule has 0 radical (unpaired) electrons. The van der Waals surface area contributed by atoms with Gasteiger partial charge in [-0.05, 0) is 78.0 Å². The summed E-state index contributed by atoms with van der Waals surface area (Å²) < 4.78 is 1.42. The Morgan fingerprint density at radius 2 is 1.83 bits per heavy atom. The van der Waals surface area contributed by atoms with Crippen molar-refractivity contribution in [2.75, 3.05) is 0 Å². The number of hydrogen-bond donors (Lipinski definition) is 0. The quantitative estimate of drug-likeness (QED) is 0.682. The molecule has 1 saturated carbocycles. The normalized spacial score (nSPS) is 16.6. The van der Waals surface area contributed by atoms with Crippen LogP contribution in [-0.4, -0.2) is 0 Å². The van der Waals surface area contributed by atoms with Crippen LogP contribution >= 0.6 is 22.6 Å². The summed E-state index contributed by atoms with van der Waals surface area (Å²) in [7, 11) is 0. The molecule has 0 amide bonds. The third-order valence-corrected chi connectivity index (χ3v) is 3.73. The van der Waals surface area contributed by atoms with Crippen molar-refractivity contribution in [3.05, 3.63) is 32.4 Å². The lowest BCUT2D eigenvalue weighted by Crippen LogP contribution is -1.90. The smallest absolute Gasteiger partial charge is 0.0162 e. The van der Waals surface area contributed by atoms with Crippen LogP contribution in [0.1, 0.15) is 35.4 Å². The largest absolute Gasteiger partial charge is 0.0550 e. The fraction of sp³-hybridized carbons (Fsp3) is 0.455. The third kappa shape index (κ3) is 1.51. The molecule has 0 aliphatic heterocycles. The molecule has 1 heteroatoms. The van der Waals surface area contributed by atoms with Crippen LogP contribution in [0.2, 0.25) is 0 Å². The lowest BCUT2D eigenvalue weighted by Gasteiger charge is -2.07. The van der Waals surface area contributed by atoms with Crippen LogP contribution in [0.15, 0.2) is 12.1 Å². The van der Waals surface area contributed by atoms with Crippen LogP contribution < -0.4 is 0 Å². The molecule has 0 aromatic heterocycles. The maximum atomic E-state index is 2.43. The van der Waals surface area contributed by atoms with Gasteiger partial charge in [-0.1, -0.05) is 6.07 Å². The van der Waals surface area contributed by atoms with Crippen molar-refractivity contribution in [3.63, 3.8) is 0 Å². The second-order valence-electron chi connectivity index (χ2n) is 3.73. The molecule has 0 saturated heterocycles. The highest BCUT2D eigenvalue weighted by Crippen LogP contribution is 2.42. The van der Waals surface area contributed by atoms with Gasteiger partial charge in [-0.15, -0.1) is 0 Å². The fourth-order valence-electron chi connectivity index (χ4n) is 1.68. The summed E-state index contributed by atoms with van der Waals surface area (Å²) >= 11 is 2.43. The average molecular weight is 272 g/mol. The first kappa shape index (κ1) is 8.54. The zero-order chi connectivity index (χ0) is 8.72. The molecule has 0 bridgehead atoms. The maximum absolute atomic E-state index is 2.43. The van der Waals surface area contributed by atoms with Crippen LogP contribution in [0.4, 0.5) is 0 Å². The second-order valence-corrected chi connectivity index (χ2v) is 4.89. The van der Waals surface area contributed by atoms with Gasteiger partial charge in [0.2, 0.25) is 0 Å². The average Bonchev–Trinajstić information content (AvgIpc) is 2.79. The van der Waals surface area contributed by atoms with Gasteiger partial charge < -0.3 is 0 Å². The van der Waals surface area contributed by atoms with E-state index in [1.54, 1.807) is 5.56 Å². The third-order valence-electron chi connectivity index (χ3n) is 2.56. The monoisotopic (exact) mass is 272 g/mol. The van der Waals surface area contributed by atoms with Gasteiger partial charge in [0.15, 0.2) is 0 Å². The first-order valence-corrected chi connectivity index (χ1v) is 5.53. The van der Waals surface area contributed by atoms with Crippen molar-refractivity contribution in [2.45, 2.75) is 32.6 Å². The van der Waals surface area contributed by atoms with Crippen LogP contribution in [0.5, 0.6) is 0 Å². The standard InChI is InChI=1S/C11H13I/c1-7-5-8(2)11(12)6-10(7)9-3-4-9/h5-6,9H,3-4H2,1-2H3. The predicted octanol–water partition coefficient (Wildman–Crippen LogP) is 3.79. The van der Waals surface area contributed by atoms with E-state index in [2.05, 4.69) is 48.6 Å². The van der Waals surface area contributed by atoms with Gasteiger partial charge in [0.25, 0.3) is 0 Å². The molecule has 0 unspecified atom stereocenters. The van der Waals surface area contributed by atoms with Crippen LogP contribution in [0.3, 0.4) is 0 Å². The van der Waals surface area contributed by atoms with Crippen molar-refractivity contribution in [2.24, 2.45) is 0 Å². The Kier molecular flexibility index (Phi) is 2.15. The van der Waals surface area contributed by atoms with E-state index < -0.39 is 0 Å². The Balaban J connectivity index is 2.47. The molecule has 2 rings (SSSR count). The molecule has 1 fully saturated rings. The van der Waals surface area contributed by atoms with Gasteiger partial charge in [-0.3, -0.25) is 0 Å². The van der Waals surface area contributed by atoms with Crippen molar-refractivity contribution in [1.82, 2.24) is 0 Å². The molecule has 1 aliphatic carbocycles. The molecule has 0 spiro atoms. The number of benzene rings is 1. The van der Waals surface area contributed by atoms with E-state index in [1.807, 2.05) is 0 Å². The molecular weight excluding hydrogens is 259 g/mol. The molecule has 0 heterocycles. The van der Waals surface area contributed by atoms with E-state index in [9.17, 15) is 0 Å². The minimum atomic E-state index is 0.888. The molecule has 1 aromatic rings. The van der Waals surface area contributed by atoms with E-state index in [4.69, 9.17) is 0 Å². The van der Waals surface area contributed by atoms with Gasteiger partial charge in [-0.25, -0.2) is 0 Å². The van der Waals surface area contributed by atoms with Crippen molar-refractivity contribution >= 4 is 22.6 Å². The lowest BCUT2D eigenvalue weighted by molar-refractivity contribution is 1.09. The fourth-order valence-corrected chi connectivity index (χ4v) is 2.17. The van der Waals surface area contributed by atoms with Gasteiger partial charge in [0, 0.05) is 3.57 Å². The molecular formula is C11H13I. The van der Waals surface area contributed by atoms with Crippen LogP contribution in [0.25, 0.3) is 0 Å². The first-order valence-electron chi connectivity index (χ1n) is 4.45. The zero-order valence-corrected chi connectivity index (χ0v) is 9.68. The van der Waals surface area contributed by atoms with Crippen LogP contribution in [0, 0.1) is 17.4 Å². The van der Waals surface area contributed by atoms with E-state index >= 15 is 0 Å². The Morgan fingerprint density at radius 1 is 1.17 bits per heavy atom. The van der Waals surface area contributed by atoms with Gasteiger partial charge in [0.05, 0.1) is 0 Å². The second kappa shape index (κ2) is 3.02.